The first-order valence-electron chi connectivity index (χ1n) is 8.76. The van der Waals surface area contributed by atoms with Gasteiger partial charge in [-0.1, -0.05) is 34.8 Å². The molecule has 1 N–H and O–H groups in total. The van der Waals surface area contributed by atoms with Gasteiger partial charge in [0.2, 0.25) is 5.91 Å². The van der Waals surface area contributed by atoms with Crippen molar-refractivity contribution in [3.05, 3.63) is 62.6 Å². The number of esters is 1. The third-order valence-corrected chi connectivity index (χ3v) is 5.33. The van der Waals surface area contributed by atoms with Gasteiger partial charge in [-0.3, -0.25) is 9.59 Å². The van der Waals surface area contributed by atoms with E-state index in [4.69, 9.17) is 34.8 Å². The van der Waals surface area contributed by atoms with Crippen molar-refractivity contribution >= 4 is 58.3 Å². The van der Waals surface area contributed by atoms with Gasteiger partial charge < -0.3 is 15.0 Å². The van der Waals surface area contributed by atoms with Crippen LogP contribution in [0.25, 0.3) is 0 Å². The number of carbonyl (C=O) groups is 3. The fraction of sp³-hybridized carbons (Fsp3) is 0.250. The lowest BCUT2D eigenvalue weighted by atomic mass is 10.1. The second kappa shape index (κ2) is 9.03. The fourth-order valence-electron chi connectivity index (χ4n) is 3.22. The number of carbonyl (C=O) groups excluding carboxylic acids is 3. The first-order chi connectivity index (χ1) is 13.8. The van der Waals surface area contributed by atoms with Crippen molar-refractivity contribution in [2.75, 3.05) is 19.0 Å². The third-order valence-electron chi connectivity index (χ3n) is 4.57. The molecule has 2 amide bonds. The zero-order chi connectivity index (χ0) is 21.1. The Morgan fingerprint density at radius 2 is 1.76 bits per heavy atom. The normalized spacial score (nSPS) is 15.9. The molecular formula is C20H17Cl3N2O4. The Morgan fingerprint density at radius 3 is 2.41 bits per heavy atom. The van der Waals surface area contributed by atoms with Gasteiger partial charge in [0.15, 0.2) is 0 Å². The molecule has 2 aromatic rings. The van der Waals surface area contributed by atoms with Gasteiger partial charge in [-0.05, 0) is 49.2 Å². The van der Waals surface area contributed by atoms with E-state index in [1.165, 1.54) is 42.3 Å². The van der Waals surface area contributed by atoms with Crippen LogP contribution in [0.5, 0.6) is 0 Å². The summed E-state index contributed by atoms with van der Waals surface area (Å²) in [6, 6.07) is 8.42. The highest BCUT2D eigenvalue weighted by atomic mass is 35.5. The lowest BCUT2D eigenvalue weighted by Crippen LogP contribution is -2.43. The minimum absolute atomic E-state index is 0.139. The molecule has 0 spiro atoms. The number of benzene rings is 2. The van der Waals surface area contributed by atoms with Crippen LogP contribution in [0.1, 0.15) is 33.6 Å². The Morgan fingerprint density at radius 1 is 1.07 bits per heavy atom. The monoisotopic (exact) mass is 454 g/mol. The zero-order valence-electron chi connectivity index (χ0n) is 15.4. The molecule has 1 atom stereocenters. The van der Waals surface area contributed by atoms with Gasteiger partial charge in [0.05, 0.1) is 17.7 Å². The largest absolute Gasteiger partial charge is 0.465 e. The maximum absolute atomic E-state index is 12.9. The number of rotatable bonds is 4. The molecule has 152 valence electrons. The second-order valence-electron chi connectivity index (χ2n) is 6.49. The molecule has 0 bridgehead atoms. The lowest BCUT2D eigenvalue weighted by molar-refractivity contribution is -0.119. The molecule has 0 aliphatic carbocycles. The quantitative estimate of drug-likeness (QED) is 0.679. The molecule has 6 nitrogen and oxygen atoms in total. The van der Waals surface area contributed by atoms with Crippen LogP contribution in [0, 0.1) is 0 Å². The molecular weight excluding hydrogens is 439 g/mol. The predicted octanol–water partition coefficient (Wildman–Crippen LogP) is 4.68. The highest BCUT2D eigenvalue weighted by Crippen LogP contribution is 2.26. The minimum Gasteiger partial charge on any atom is -0.465 e. The molecule has 1 saturated heterocycles. The number of likely N-dealkylation sites (tertiary alicyclic amines) is 1. The van der Waals surface area contributed by atoms with Crippen molar-refractivity contribution < 1.29 is 19.1 Å². The number of hydrogen-bond acceptors (Lipinski definition) is 4. The van der Waals surface area contributed by atoms with E-state index in [0.717, 1.165) is 0 Å². The Balaban J connectivity index is 1.78. The van der Waals surface area contributed by atoms with Gasteiger partial charge in [0.1, 0.15) is 6.04 Å². The standard InChI is InChI=1S/C20H17Cl3N2O4/c1-29-20(28)15-10-14(4-5-16(15)23)24-18(26)17-3-2-6-25(17)19(27)11-7-12(21)9-13(22)8-11/h4-5,7-10,17H,2-3,6H2,1H3,(H,24,26). The van der Waals surface area contributed by atoms with Gasteiger partial charge in [0, 0.05) is 27.8 Å². The summed E-state index contributed by atoms with van der Waals surface area (Å²) in [4.78, 5) is 39.0. The predicted molar refractivity (Wildman–Crippen MR) is 112 cm³/mol. The first-order valence-corrected chi connectivity index (χ1v) is 9.89. The third kappa shape index (κ3) is 4.83. The summed E-state index contributed by atoms with van der Waals surface area (Å²) in [5.41, 5.74) is 0.839. The van der Waals surface area contributed by atoms with Gasteiger partial charge in [-0.15, -0.1) is 0 Å². The maximum Gasteiger partial charge on any atom is 0.339 e. The lowest BCUT2D eigenvalue weighted by Gasteiger charge is -2.24. The summed E-state index contributed by atoms with van der Waals surface area (Å²) in [5.74, 6) is -1.29. The van der Waals surface area contributed by atoms with Crippen LogP contribution in [0.3, 0.4) is 0 Å². The molecule has 1 aliphatic heterocycles. The highest BCUT2D eigenvalue weighted by molar-refractivity contribution is 6.35. The number of nitrogens with zero attached hydrogens (tertiary/aromatic N) is 1. The van der Waals surface area contributed by atoms with Crippen LogP contribution in [0.2, 0.25) is 15.1 Å². The van der Waals surface area contributed by atoms with E-state index in [2.05, 4.69) is 10.1 Å². The van der Waals surface area contributed by atoms with Gasteiger partial charge in [-0.2, -0.15) is 0 Å². The van der Waals surface area contributed by atoms with Crippen LogP contribution >= 0.6 is 34.8 Å². The molecule has 29 heavy (non-hydrogen) atoms. The van der Waals surface area contributed by atoms with E-state index in [1.807, 2.05) is 0 Å². The average molecular weight is 456 g/mol. The van der Waals surface area contributed by atoms with Crippen LogP contribution in [-0.2, 0) is 9.53 Å². The van der Waals surface area contributed by atoms with E-state index in [0.29, 0.717) is 40.7 Å². The van der Waals surface area contributed by atoms with Crippen molar-refractivity contribution in [3.63, 3.8) is 0 Å². The van der Waals surface area contributed by atoms with Crippen LogP contribution < -0.4 is 5.32 Å². The van der Waals surface area contributed by atoms with Crippen molar-refractivity contribution in [2.24, 2.45) is 0 Å². The topological polar surface area (TPSA) is 75.7 Å². The molecule has 0 aromatic heterocycles. The summed E-state index contributed by atoms with van der Waals surface area (Å²) in [5, 5.41) is 3.64. The van der Waals surface area contributed by atoms with Gasteiger partial charge in [0.25, 0.3) is 5.91 Å². The Kier molecular flexibility index (Phi) is 6.67. The zero-order valence-corrected chi connectivity index (χ0v) is 17.6. The van der Waals surface area contributed by atoms with E-state index >= 15 is 0 Å². The Bertz CT molecular complexity index is 960. The first kappa shape index (κ1) is 21.4. The number of nitrogens with one attached hydrogen (secondary N) is 1. The Hall–Kier alpha value is -2.28. The van der Waals surface area contributed by atoms with Crippen LogP contribution in [-0.4, -0.2) is 42.4 Å². The fourth-order valence-corrected chi connectivity index (χ4v) is 3.94. The molecule has 1 unspecified atom stereocenters. The average Bonchev–Trinajstić information content (AvgIpc) is 3.17. The maximum atomic E-state index is 12.9. The number of methoxy groups -OCH3 is 1. The summed E-state index contributed by atoms with van der Waals surface area (Å²) >= 11 is 18.0. The molecule has 0 saturated carbocycles. The van der Waals surface area contributed by atoms with Crippen molar-refractivity contribution in [1.29, 1.82) is 0 Å². The number of anilines is 1. The smallest absolute Gasteiger partial charge is 0.339 e. The van der Waals surface area contributed by atoms with E-state index in [-0.39, 0.29) is 22.4 Å². The molecule has 1 heterocycles. The van der Waals surface area contributed by atoms with Gasteiger partial charge >= 0.3 is 5.97 Å². The number of amides is 2. The summed E-state index contributed by atoms with van der Waals surface area (Å²) in [7, 11) is 1.24. The molecule has 1 aliphatic rings. The minimum atomic E-state index is -0.655. The van der Waals surface area contributed by atoms with E-state index < -0.39 is 12.0 Å². The second-order valence-corrected chi connectivity index (χ2v) is 7.77. The molecule has 9 heteroatoms. The summed E-state index contributed by atoms with van der Waals surface area (Å²) < 4.78 is 4.68. The van der Waals surface area contributed by atoms with E-state index in [9.17, 15) is 14.4 Å². The van der Waals surface area contributed by atoms with Crippen molar-refractivity contribution in [3.8, 4) is 0 Å². The molecule has 0 radical (unpaired) electrons. The number of hydrogen-bond donors (Lipinski definition) is 1. The number of ether oxygens (including phenoxy) is 1. The highest BCUT2D eigenvalue weighted by Gasteiger charge is 2.35. The summed E-state index contributed by atoms with van der Waals surface area (Å²) in [6.45, 7) is 0.440. The molecule has 1 fully saturated rings. The number of halogens is 3. The van der Waals surface area contributed by atoms with Crippen molar-refractivity contribution in [2.45, 2.75) is 18.9 Å². The van der Waals surface area contributed by atoms with Crippen molar-refractivity contribution in [1.82, 2.24) is 4.90 Å². The van der Waals surface area contributed by atoms with Crippen LogP contribution in [0.15, 0.2) is 36.4 Å². The van der Waals surface area contributed by atoms with Gasteiger partial charge in [-0.25, -0.2) is 4.79 Å². The van der Waals surface area contributed by atoms with E-state index in [1.54, 1.807) is 6.07 Å². The van der Waals surface area contributed by atoms with Crippen LogP contribution in [0.4, 0.5) is 5.69 Å². The SMILES string of the molecule is COC(=O)c1cc(NC(=O)C2CCCN2C(=O)c2cc(Cl)cc(Cl)c2)ccc1Cl. The summed E-state index contributed by atoms with van der Waals surface area (Å²) in [6.07, 6.45) is 1.20. The Labute approximate surface area is 182 Å². The molecule has 2 aromatic carbocycles. The molecule has 3 rings (SSSR count).